The van der Waals surface area contributed by atoms with Crippen molar-refractivity contribution in [3.05, 3.63) is 99.5 Å². The molecule has 3 aromatic rings. The van der Waals surface area contributed by atoms with Gasteiger partial charge in [-0.05, 0) is 19.1 Å². The molecule has 0 aliphatic carbocycles. The molecule has 0 aromatic heterocycles. The van der Waals surface area contributed by atoms with Gasteiger partial charge in [0.15, 0.2) is 6.54 Å². The van der Waals surface area contributed by atoms with E-state index in [0.717, 1.165) is 11.1 Å². The van der Waals surface area contributed by atoms with Crippen molar-refractivity contribution in [1.29, 1.82) is 0 Å². The second-order valence-electron chi connectivity index (χ2n) is 6.38. The minimum Gasteiger partial charge on any atom is -0.328 e. The van der Waals surface area contributed by atoms with Crippen LogP contribution in [0.2, 0.25) is 10.0 Å². The average molecular weight is 400 g/mol. The number of quaternary nitrogens is 1. The van der Waals surface area contributed by atoms with Gasteiger partial charge < -0.3 is 10.6 Å². The smallest absolute Gasteiger partial charge is 0.279 e. The van der Waals surface area contributed by atoms with Gasteiger partial charge in [-0.25, -0.2) is 0 Å². The molecule has 138 valence electrons. The minimum absolute atomic E-state index is 0.0271. The summed E-state index contributed by atoms with van der Waals surface area (Å²) in [5, 5.41) is 5.68. The predicted molar refractivity (Wildman–Crippen MR) is 111 cm³/mol. The average Bonchev–Trinajstić information content (AvgIpc) is 2.67. The number of halogens is 2. The lowest BCUT2D eigenvalue weighted by Gasteiger charge is -2.17. The molecule has 0 aliphatic heterocycles. The number of hydrogen-bond acceptors (Lipinski definition) is 1. The Bertz CT molecular complexity index is 891. The van der Waals surface area contributed by atoms with Crippen molar-refractivity contribution in [2.45, 2.75) is 13.0 Å². The molecule has 0 bridgehead atoms. The molecule has 0 radical (unpaired) electrons. The maximum Gasteiger partial charge on any atom is 0.279 e. The van der Waals surface area contributed by atoms with Gasteiger partial charge in [0.05, 0.1) is 15.7 Å². The topological polar surface area (TPSA) is 45.7 Å². The van der Waals surface area contributed by atoms with E-state index in [1.54, 1.807) is 18.2 Å². The van der Waals surface area contributed by atoms with Gasteiger partial charge >= 0.3 is 0 Å². The molecule has 0 saturated carbocycles. The highest BCUT2D eigenvalue weighted by Gasteiger charge is 2.19. The molecule has 3 aromatic carbocycles. The number of amides is 1. The Labute approximate surface area is 169 Å². The van der Waals surface area contributed by atoms with E-state index in [1.807, 2.05) is 23.5 Å². The van der Waals surface area contributed by atoms with Crippen molar-refractivity contribution >= 4 is 34.8 Å². The summed E-state index contributed by atoms with van der Waals surface area (Å²) in [5.74, 6) is -0.155. The van der Waals surface area contributed by atoms with Crippen LogP contribution in [0.25, 0.3) is 0 Å². The Morgan fingerprint density at radius 3 is 2.11 bits per heavy atom. The molecule has 0 fully saturated rings. The number of para-hydroxylation sites is 1. The van der Waals surface area contributed by atoms with E-state index < -0.39 is 0 Å². The number of aryl methyl sites for hydroxylation is 1. The molecule has 3 N–H and O–H groups in total. The molecule has 0 heterocycles. The van der Waals surface area contributed by atoms with Crippen LogP contribution in [-0.4, -0.2) is 12.5 Å². The van der Waals surface area contributed by atoms with Crippen molar-refractivity contribution in [1.82, 2.24) is 0 Å². The van der Waals surface area contributed by atoms with Crippen LogP contribution in [0.3, 0.4) is 0 Å². The highest BCUT2D eigenvalue weighted by atomic mass is 35.5. The van der Waals surface area contributed by atoms with E-state index in [-0.39, 0.29) is 18.5 Å². The third kappa shape index (κ3) is 5.10. The Morgan fingerprint density at radius 2 is 1.48 bits per heavy atom. The molecule has 1 atom stereocenters. The van der Waals surface area contributed by atoms with Crippen LogP contribution < -0.4 is 10.6 Å². The zero-order valence-electron chi connectivity index (χ0n) is 15.0. The zero-order chi connectivity index (χ0) is 19.2. The van der Waals surface area contributed by atoms with Gasteiger partial charge in [0, 0.05) is 11.1 Å². The van der Waals surface area contributed by atoms with Crippen LogP contribution in [0.15, 0.2) is 72.8 Å². The number of nitrogens with two attached hydrogens (primary N) is 1. The van der Waals surface area contributed by atoms with E-state index in [0.29, 0.717) is 15.7 Å². The van der Waals surface area contributed by atoms with Gasteiger partial charge in [0.2, 0.25) is 0 Å². The van der Waals surface area contributed by atoms with E-state index in [1.165, 1.54) is 5.56 Å². The zero-order valence-corrected chi connectivity index (χ0v) is 16.5. The van der Waals surface area contributed by atoms with Crippen LogP contribution in [0.4, 0.5) is 5.69 Å². The summed E-state index contributed by atoms with van der Waals surface area (Å²) in [6.45, 7) is 2.31. The van der Waals surface area contributed by atoms with E-state index in [4.69, 9.17) is 23.2 Å². The van der Waals surface area contributed by atoms with E-state index >= 15 is 0 Å². The lowest BCUT2D eigenvalue weighted by atomic mass is 9.98. The molecular formula is C22H21Cl2N2O+. The monoisotopic (exact) mass is 399 g/mol. The van der Waals surface area contributed by atoms with Crippen molar-refractivity contribution in [3.63, 3.8) is 0 Å². The summed E-state index contributed by atoms with van der Waals surface area (Å²) in [6, 6.07) is 23.7. The molecule has 1 amide bonds. The van der Waals surface area contributed by atoms with Gasteiger partial charge in [-0.2, -0.15) is 0 Å². The van der Waals surface area contributed by atoms with E-state index in [2.05, 4.69) is 48.6 Å². The summed E-state index contributed by atoms with van der Waals surface area (Å²) in [7, 11) is 0. The van der Waals surface area contributed by atoms with Crippen LogP contribution in [0.5, 0.6) is 0 Å². The Balaban J connectivity index is 1.75. The number of anilines is 1. The fraction of sp³-hybridized carbons (Fsp3) is 0.136. The molecule has 0 saturated heterocycles. The molecular weight excluding hydrogens is 379 g/mol. The molecule has 27 heavy (non-hydrogen) atoms. The second kappa shape index (κ2) is 9.05. The van der Waals surface area contributed by atoms with Crippen molar-refractivity contribution in [2.75, 3.05) is 11.9 Å². The van der Waals surface area contributed by atoms with Crippen LogP contribution in [-0.2, 0) is 4.79 Å². The highest BCUT2D eigenvalue weighted by Crippen LogP contribution is 2.29. The summed E-state index contributed by atoms with van der Waals surface area (Å²) in [6.07, 6.45) is 0. The van der Waals surface area contributed by atoms with Crippen molar-refractivity contribution < 1.29 is 10.1 Å². The van der Waals surface area contributed by atoms with Gasteiger partial charge in [0.25, 0.3) is 5.91 Å². The largest absolute Gasteiger partial charge is 0.328 e. The van der Waals surface area contributed by atoms with Gasteiger partial charge in [0.1, 0.15) is 6.04 Å². The molecule has 3 nitrogen and oxygen atoms in total. The quantitative estimate of drug-likeness (QED) is 0.625. The second-order valence-corrected chi connectivity index (χ2v) is 7.20. The summed E-state index contributed by atoms with van der Waals surface area (Å²) in [4.78, 5) is 12.5. The standard InChI is InChI=1S/C22H20Cl2N2O/c1-15-10-12-17(13-11-15)21(16-6-3-2-4-7-16)25-14-20(27)26-22-18(23)8-5-9-19(22)24/h2-13,21,25H,14H2,1H3,(H,26,27)/p+1/t21-/m1/s1. The third-order valence-corrected chi connectivity index (χ3v) is 4.99. The first-order valence-corrected chi connectivity index (χ1v) is 9.49. The van der Waals surface area contributed by atoms with Crippen LogP contribution >= 0.6 is 23.2 Å². The molecule has 0 aliphatic rings. The van der Waals surface area contributed by atoms with Gasteiger partial charge in [-0.15, -0.1) is 0 Å². The number of benzene rings is 3. The summed E-state index contributed by atoms with van der Waals surface area (Å²) >= 11 is 12.3. The SMILES string of the molecule is Cc1ccc([C@H]([NH2+]CC(=O)Nc2c(Cl)cccc2Cl)c2ccccc2)cc1. The Kier molecular flexibility index (Phi) is 6.51. The minimum atomic E-state index is -0.155. The first-order valence-electron chi connectivity index (χ1n) is 8.73. The first kappa shape index (κ1) is 19.4. The molecule has 0 unspecified atom stereocenters. The van der Waals surface area contributed by atoms with Gasteiger partial charge in [-0.3, -0.25) is 4.79 Å². The number of hydrogen-bond donors (Lipinski definition) is 2. The fourth-order valence-electron chi connectivity index (χ4n) is 2.93. The number of carbonyl (C=O) groups excluding carboxylic acids is 1. The summed E-state index contributed by atoms with van der Waals surface area (Å²) in [5.41, 5.74) is 3.95. The van der Waals surface area contributed by atoms with Crippen molar-refractivity contribution in [3.8, 4) is 0 Å². The normalized spacial score (nSPS) is 11.8. The number of nitrogens with one attached hydrogen (secondary N) is 1. The van der Waals surface area contributed by atoms with Crippen LogP contribution in [0, 0.1) is 6.92 Å². The molecule has 5 heteroatoms. The van der Waals surface area contributed by atoms with Gasteiger partial charge in [-0.1, -0.05) is 89.4 Å². The molecule has 0 spiro atoms. The number of rotatable bonds is 6. The lowest BCUT2D eigenvalue weighted by molar-refractivity contribution is -0.676. The number of carbonyl (C=O) groups is 1. The Morgan fingerprint density at radius 1 is 0.889 bits per heavy atom. The lowest BCUT2D eigenvalue weighted by Crippen LogP contribution is -2.87. The highest BCUT2D eigenvalue weighted by molar-refractivity contribution is 6.39. The first-order chi connectivity index (χ1) is 13.0. The van der Waals surface area contributed by atoms with Crippen molar-refractivity contribution in [2.24, 2.45) is 0 Å². The predicted octanol–water partition coefficient (Wildman–Crippen LogP) is 4.59. The van der Waals surface area contributed by atoms with E-state index in [9.17, 15) is 4.79 Å². The van der Waals surface area contributed by atoms with Crippen LogP contribution in [0.1, 0.15) is 22.7 Å². The maximum absolute atomic E-state index is 12.5. The third-order valence-electron chi connectivity index (χ3n) is 4.36. The maximum atomic E-state index is 12.5. The fourth-order valence-corrected chi connectivity index (χ4v) is 3.42. The molecule has 3 rings (SSSR count). The Hall–Kier alpha value is -2.33. The summed E-state index contributed by atoms with van der Waals surface area (Å²) < 4.78 is 0.